The SMILES string of the molecule is O=C(NCCc1ccncc1)C1=C(C2=Cc3cc(Cl)ccc3C2)Cc2cc(Br)ccc21. The number of amides is 1. The van der Waals surface area contributed by atoms with E-state index in [2.05, 4.69) is 44.4 Å². The van der Waals surface area contributed by atoms with Crippen molar-refractivity contribution in [1.82, 2.24) is 10.3 Å². The molecule has 2 aliphatic carbocycles. The summed E-state index contributed by atoms with van der Waals surface area (Å²) in [5.41, 5.74) is 8.86. The van der Waals surface area contributed by atoms with Crippen molar-refractivity contribution in [1.29, 1.82) is 0 Å². The first-order valence-electron chi connectivity index (χ1n) is 10.3. The van der Waals surface area contributed by atoms with Crippen molar-refractivity contribution in [2.24, 2.45) is 0 Å². The third-order valence-corrected chi connectivity index (χ3v) is 6.62. The van der Waals surface area contributed by atoms with Crippen LogP contribution in [0.25, 0.3) is 11.6 Å². The van der Waals surface area contributed by atoms with Crippen LogP contribution in [0.2, 0.25) is 5.02 Å². The molecule has 1 aromatic heterocycles. The number of fused-ring (bicyclic) bond motifs is 2. The van der Waals surface area contributed by atoms with E-state index >= 15 is 0 Å². The van der Waals surface area contributed by atoms with Crippen LogP contribution in [0.1, 0.15) is 27.8 Å². The second kappa shape index (κ2) is 8.45. The summed E-state index contributed by atoms with van der Waals surface area (Å²) in [5.74, 6) is -0.0139. The van der Waals surface area contributed by atoms with Crippen LogP contribution in [0, 0.1) is 0 Å². The molecular weight excluding hydrogens is 472 g/mol. The number of nitrogens with one attached hydrogen (secondary N) is 1. The Balaban J connectivity index is 1.44. The Labute approximate surface area is 195 Å². The number of hydrogen-bond donors (Lipinski definition) is 1. The molecule has 1 amide bonds. The standard InChI is InChI=1S/C26H20BrClN2O/c27-21-2-4-23-20(13-21)15-24(19-11-17-1-3-22(28)14-18(17)12-19)25(23)26(31)30-10-7-16-5-8-29-9-6-16/h1-6,8-9,12-14H,7,10-11,15H2,(H,30,31). The summed E-state index contributed by atoms with van der Waals surface area (Å²) in [6, 6.07) is 16.1. The molecule has 0 saturated carbocycles. The molecule has 2 aliphatic rings. The summed E-state index contributed by atoms with van der Waals surface area (Å²) in [6.45, 7) is 0.584. The van der Waals surface area contributed by atoms with Crippen molar-refractivity contribution in [3.05, 3.63) is 109 Å². The van der Waals surface area contributed by atoms with Gasteiger partial charge in [0.1, 0.15) is 0 Å². The summed E-state index contributed by atoms with van der Waals surface area (Å²) < 4.78 is 1.03. The van der Waals surface area contributed by atoms with Gasteiger partial charge in [-0.15, -0.1) is 0 Å². The zero-order chi connectivity index (χ0) is 21.4. The Morgan fingerprint density at radius 2 is 1.87 bits per heavy atom. The second-order valence-corrected chi connectivity index (χ2v) is 9.23. The number of allylic oxidation sites excluding steroid dienone is 2. The van der Waals surface area contributed by atoms with Crippen LogP contribution in [0.3, 0.4) is 0 Å². The predicted octanol–water partition coefficient (Wildman–Crippen LogP) is 5.81. The summed E-state index contributed by atoms with van der Waals surface area (Å²) in [5, 5.41) is 3.87. The third kappa shape index (κ3) is 4.10. The highest BCUT2D eigenvalue weighted by molar-refractivity contribution is 9.10. The van der Waals surface area contributed by atoms with E-state index in [0.29, 0.717) is 6.54 Å². The molecule has 31 heavy (non-hydrogen) atoms. The van der Waals surface area contributed by atoms with Gasteiger partial charge in [0.25, 0.3) is 5.91 Å². The van der Waals surface area contributed by atoms with Crippen LogP contribution in [-0.2, 0) is 24.1 Å². The first-order valence-corrected chi connectivity index (χ1v) is 11.4. The van der Waals surface area contributed by atoms with Crippen LogP contribution in [0.4, 0.5) is 0 Å². The fraction of sp³-hybridized carbons (Fsp3) is 0.154. The lowest BCUT2D eigenvalue weighted by Gasteiger charge is -2.11. The average molecular weight is 492 g/mol. The minimum Gasteiger partial charge on any atom is -0.352 e. The van der Waals surface area contributed by atoms with E-state index in [4.69, 9.17) is 11.6 Å². The zero-order valence-corrected chi connectivity index (χ0v) is 19.1. The zero-order valence-electron chi connectivity index (χ0n) is 16.8. The largest absolute Gasteiger partial charge is 0.352 e. The molecule has 3 aromatic rings. The summed E-state index contributed by atoms with van der Waals surface area (Å²) in [6.07, 6.45) is 8.09. The number of halogens is 2. The van der Waals surface area contributed by atoms with Crippen LogP contribution in [0.15, 0.2) is 76.5 Å². The fourth-order valence-corrected chi connectivity index (χ4v) is 4.97. The number of nitrogens with zero attached hydrogens (tertiary/aromatic N) is 1. The maximum Gasteiger partial charge on any atom is 0.252 e. The van der Waals surface area contributed by atoms with Gasteiger partial charge in [0.2, 0.25) is 0 Å². The molecule has 0 unspecified atom stereocenters. The normalized spacial score (nSPS) is 14.3. The topological polar surface area (TPSA) is 42.0 Å². The molecule has 0 fully saturated rings. The van der Waals surface area contributed by atoms with Gasteiger partial charge < -0.3 is 5.32 Å². The molecule has 1 N–H and O–H groups in total. The van der Waals surface area contributed by atoms with Gasteiger partial charge in [0.15, 0.2) is 0 Å². The second-order valence-electron chi connectivity index (χ2n) is 7.88. The summed E-state index contributed by atoms with van der Waals surface area (Å²) in [7, 11) is 0. The lowest BCUT2D eigenvalue weighted by atomic mass is 9.98. The first kappa shape index (κ1) is 20.2. The Bertz CT molecular complexity index is 1250. The third-order valence-electron chi connectivity index (χ3n) is 5.89. The molecule has 0 spiro atoms. The van der Waals surface area contributed by atoms with Crippen LogP contribution >= 0.6 is 27.5 Å². The first-order chi connectivity index (χ1) is 15.1. The maximum absolute atomic E-state index is 13.3. The number of hydrogen-bond acceptors (Lipinski definition) is 2. The number of benzene rings is 2. The van der Waals surface area contributed by atoms with E-state index in [1.54, 1.807) is 12.4 Å². The van der Waals surface area contributed by atoms with Gasteiger partial charge in [-0.1, -0.05) is 45.7 Å². The minimum absolute atomic E-state index is 0.0139. The van der Waals surface area contributed by atoms with Crippen molar-refractivity contribution < 1.29 is 4.79 Å². The smallest absolute Gasteiger partial charge is 0.252 e. The number of aromatic nitrogens is 1. The van der Waals surface area contributed by atoms with Gasteiger partial charge in [-0.25, -0.2) is 0 Å². The van der Waals surface area contributed by atoms with E-state index in [-0.39, 0.29) is 5.91 Å². The van der Waals surface area contributed by atoms with Crippen LogP contribution in [0.5, 0.6) is 0 Å². The van der Waals surface area contributed by atoms with Crippen molar-refractivity contribution in [2.45, 2.75) is 19.3 Å². The average Bonchev–Trinajstić information content (AvgIpc) is 3.34. The van der Waals surface area contributed by atoms with E-state index in [1.807, 2.05) is 36.4 Å². The fourth-order valence-electron chi connectivity index (χ4n) is 4.38. The van der Waals surface area contributed by atoms with E-state index in [1.165, 1.54) is 16.7 Å². The predicted molar refractivity (Wildman–Crippen MR) is 129 cm³/mol. The number of carbonyl (C=O) groups is 1. The van der Waals surface area contributed by atoms with E-state index in [0.717, 1.165) is 56.6 Å². The van der Waals surface area contributed by atoms with Crippen molar-refractivity contribution in [3.8, 4) is 0 Å². The lowest BCUT2D eigenvalue weighted by molar-refractivity contribution is -0.115. The molecule has 0 saturated heterocycles. The quantitative estimate of drug-likeness (QED) is 0.490. The Hall–Kier alpha value is -2.69. The molecule has 5 rings (SSSR count). The Morgan fingerprint density at radius 1 is 1.03 bits per heavy atom. The van der Waals surface area contributed by atoms with E-state index in [9.17, 15) is 4.79 Å². The highest BCUT2D eigenvalue weighted by atomic mass is 79.9. The molecule has 3 nitrogen and oxygen atoms in total. The molecule has 0 radical (unpaired) electrons. The maximum atomic E-state index is 13.3. The molecule has 0 aliphatic heterocycles. The van der Waals surface area contributed by atoms with Gasteiger partial charge in [-0.2, -0.15) is 0 Å². The summed E-state index contributed by atoms with van der Waals surface area (Å²) >= 11 is 9.76. The Kier molecular flexibility index (Phi) is 5.51. The molecule has 154 valence electrons. The highest BCUT2D eigenvalue weighted by Gasteiger charge is 2.30. The monoisotopic (exact) mass is 490 g/mol. The van der Waals surface area contributed by atoms with Crippen molar-refractivity contribution in [3.63, 3.8) is 0 Å². The Morgan fingerprint density at radius 3 is 2.71 bits per heavy atom. The van der Waals surface area contributed by atoms with Gasteiger partial charge in [0.05, 0.1) is 5.57 Å². The van der Waals surface area contributed by atoms with Crippen LogP contribution in [-0.4, -0.2) is 17.4 Å². The minimum atomic E-state index is -0.0139. The van der Waals surface area contributed by atoms with Crippen molar-refractivity contribution >= 4 is 45.1 Å². The highest BCUT2D eigenvalue weighted by Crippen LogP contribution is 2.42. The van der Waals surface area contributed by atoms with Gasteiger partial charge in [0, 0.05) is 28.4 Å². The molecule has 0 bridgehead atoms. The molecule has 1 heterocycles. The van der Waals surface area contributed by atoms with Crippen LogP contribution < -0.4 is 5.32 Å². The number of carbonyl (C=O) groups excluding carboxylic acids is 1. The molecule has 0 atom stereocenters. The lowest BCUT2D eigenvalue weighted by Crippen LogP contribution is -2.27. The van der Waals surface area contributed by atoms with Gasteiger partial charge in [-0.05, 0) is 94.6 Å². The summed E-state index contributed by atoms with van der Waals surface area (Å²) in [4.78, 5) is 17.4. The number of pyridine rings is 1. The van der Waals surface area contributed by atoms with E-state index < -0.39 is 0 Å². The van der Waals surface area contributed by atoms with Crippen molar-refractivity contribution in [2.75, 3.05) is 6.54 Å². The molecule has 2 aromatic carbocycles. The van der Waals surface area contributed by atoms with Gasteiger partial charge in [-0.3, -0.25) is 9.78 Å². The molecule has 5 heteroatoms. The molecular formula is C26H20BrClN2O. The van der Waals surface area contributed by atoms with Gasteiger partial charge >= 0.3 is 0 Å². The number of rotatable bonds is 5.